The van der Waals surface area contributed by atoms with E-state index in [2.05, 4.69) is 350 Å². The Kier molecular flexibility index (Phi) is 11.9. The second kappa shape index (κ2) is 20.5. The van der Waals surface area contributed by atoms with Gasteiger partial charge in [-0.2, -0.15) is 0 Å². The average molecular weight is 1120 g/mol. The van der Waals surface area contributed by atoms with Crippen molar-refractivity contribution in [3.8, 4) is 50.2 Å². The van der Waals surface area contributed by atoms with Crippen LogP contribution in [0.2, 0.25) is 0 Å². The zero-order chi connectivity index (χ0) is 58.5. The fraction of sp³-hybridized carbons (Fsp3) is 0.0353. The molecule has 0 saturated carbocycles. The highest BCUT2D eigenvalue weighted by molar-refractivity contribution is 6.26. The van der Waals surface area contributed by atoms with Crippen LogP contribution in [0, 0.1) is 0 Å². The van der Waals surface area contributed by atoms with Crippen LogP contribution in [0.3, 0.4) is 0 Å². The third-order valence-electron chi connectivity index (χ3n) is 18.8. The molecule has 0 unspecified atom stereocenters. The summed E-state index contributed by atoms with van der Waals surface area (Å²) in [4.78, 5) is 4.86. The van der Waals surface area contributed by atoms with E-state index in [9.17, 15) is 0 Å². The number of rotatable bonds is 10. The molecule has 88 heavy (non-hydrogen) atoms. The molecule has 0 atom stereocenters. The smallest absolute Gasteiger partial charge is 0.0542 e. The van der Waals surface area contributed by atoms with Crippen molar-refractivity contribution in [1.29, 1.82) is 0 Å². The highest BCUT2D eigenvalue weighted by Gasteiger charge is 2.36. The number of benzene rings is 15. The minimum absolute atomic E-state index is 0.122. The van der Waals surface area contributed by atoms with Gasteiger partial charge in [0.2, 0.25) is 0 Å². The van der Waals surface area contributed by atoms with Crippen molar-refractivity contribution in [2.24, 2.45) is 0 Å². The fourth-order valence-electron chi connectivity index (χ4n) is 14.5. The summed E-state index contributed by atoms with van der Waals surface area (Å²) in [5, 5.41) is 12.3. The van der Waals surface area contributed by atoms with E-state index in [0.717, 1.165) is 62.0 Å². The minimum atomic E-state index is -0.122. The van der Waals surface area contributed by atoms with Crippen LogP contribution in [0.15, 0.2) is 322 Å². The highest BCUT2D eigenvalue weighted by Crippen LogP contribution is 2.52. The van der Waals surface area contributed by atoms with E-state index in [1.165, 1.54) is 98.4 Å². The van der Waals surface area contributed by atoms with E-state index in [-0.39, 0.29) is 5.41 Å². The minimum Gasteiger partial charge on any atom is -0.310 e. The molecule has 0 spiro atoms. The van der Waals surface area contributed by atoms with Crippen molar-refractivity contribution >= 4 is 99.0 Å². The monoisotopic (exact) mass is 1120 g/mol. The molecule has 1 aliphatic carbocycles. The Morgan fingerprint density at radius 1 is 0.239 bits per heavy atom. The van der Waals surface area contributed by atoms with E-state index in [1.807, 2.05) is 0 Å². The number of anilines is 6. The molecule has 1 aromatic heterocycles. The molecule has 0 saturated heterocycles. The van der Waals surface area contributed by atoms with Crippen LogP contribution in [0.5, 0.6) is 0 Å². The molecule has 3 heteroatoms. The molecule has 16 aromatic rings. The van der Waals surface area contributed by atoms with Gasteiger partial charge >= 0.3 is 0 Å². The number of hydrogen-bond donors (Lipinski definition) is 0. The van der Waals surface area contributed by atoms with Crippen molar-refractivity contribution < 1.29 is 0 Å². The zero-order valence-electron chi connectivity index (χ0n) is 48.9. The quantitative estimate of drug-likeness (QED) is 0.126. The second-order valence-corrected chi connectivity index (χ2v) is 24.0. The van der Waals surface area contributed by atoms with E-state index in [0.29, 0.717) is 0 Å². The molecule has 0 fully saturated rings. The summed E-state index contributed by atoms with van der Waals surface area (Å²) in [5.41, 5.74) is 22.3. The summed E-state index contributed by atoms with van der Waals surface area (Å²) in [6.45, 7) is 4.72. The molecule has 0 N–H and O–H groups in total. The largest absolute Gasteiger partial charge is 0.310 e. The lowest BCUT2D eigenvalue weighted by molar-refractivity contribution is 0.660. The van der Waals surface area contributed by atoms with Crippen molar-refractivity contribution in [3.05, 3.63) is 333 Å². The number of nitrogens with zero attached hydrogens (tertiary/aromatic N) is 3. The molecular weight excluding hydrogens is 1060 g/mol. The molecule has 15 aromatic carbocycles. The lowest BCUT2D eigenvalue weighted by atomic mass is 9.82. The van der Waals surface area contributed by atoms with Gasteiger partial charge in [0.1, 0.15) is 0 Å². The van der Waals surface area contributed by atoms with Crippen LogP contribution in [0.4, 0.5) is 34.1 Å². The van der Waals surface area contributed by atoms with Gasteiger partial charge in [0.25, 0.3) is 0 Å². The maximum Gasteiger partial charge on any atom is 0.0542 e. The summed E-state index contributed by atoms with van der Waals surface area (Å²) in [6.07, 6.45) is 0. The van der Waals surface area contributed by atoms with Gasteiger partial charge in [0, 0.05) is 55.7 Å². The highest BCUT2D eigenvalue weighted by atomic mass is 15.1. The third-order valence-corrected chi connectivity index (χ3v) is 18.8. The van der Waals surface area contributed by atoms with Crippen LogP contribution in [0.25, 0.3) is 115 Å². The van der Waals surface area contributed by atoms with Crippen molar-refractivity contribution in [1.82, 2.24) is 4.57 Å². The molecule has 0 radical (unpaired) electrons. The molecule has 17 rings (SSSR count). The average Bonchev–Trinajstić information content (AvgIpc) is 1.73. The maximum atomic E-state index is 2.49. The SMILES string of the molecule is CC1(C)c2ccccc2-c2ccc(N(c3ccccc3)c3ccc(-c4ccc5c(c4)c4cc(N(c6ccc(-c7ccccc7)cc6)c6ccc(-c7ccccc7)c7ccccc67)ccc4n5-c4ccc5c6ccccc6c6ccccc6c5c4)cc3)cc21. The lowest BCUT2D eigenvalue weighted by Gasteiger charge is -2.28. The van der Waals surface area contributed by atoms with Crippen molar-refractivity contribution in [2.45, 2.75) is 19.3 Å². The zero-order valence-corrected chi connectivity index (χ0v) is 48.9. The van der Waals surface area contributed by atoms with Gasteiger partial charge in [0.05, 0.1) is 16.7 Å². The van der Waals surface area contributed by atoms with E-state index < -0.39 is 0 Å². The Morgan fingerprint density at radius 2 is 0.682 bits per heavy atom. The van der Waals surface area contributed by atoms with Crippen LogP contribution in [-0.4, -0.2) is 4.57 Å². The van der Waals surface area contributed by atoms with Gasteiger partial charge in [-0.05, 0) is 190 Å². The third kappa shape index (κ3) is 8.27. The number of aromatic nitrogens is 1. The summed E-state index contributed by atoms with van der Waals surface area (Å²) >= 11 is 0. The number of hydrogen-bond acceptors (Lipinski definition) is 2. The van der Waals surface area contributed by atoms with Gasteiger partial charge in [-0.15, -0.1) is 0 Å². The standard InChI is InChI=1S/C85H59N3/c1-85(2)80-33-19-18-31-74(80)75-47-44-66(55-81(75)85)86(61-24-10-5-11-25-61)62-39-36-58(37-40-62)60-38-49-83-78(52-60)79-54-64(45-50-84(79)88(83)65-43-46-73-71-29-13-12-27-69(71)70-28-14-15-30-72(70)77(73)53-65)87(63-41-34-57(35-42-63)56-20-6-3-7-21-56)82-51-48-67(59-22-8-4-9-23-59)68-26-16-17-32-76(68)82/h3-55H,1-2H3. The maximum absolute atomic E-state index is 2.49. The van der Waals surface area contributed by atoms with E-state index >= 15 is 0 Å². The number of para-hydroxylation sites is 1. The first-order chi connectivity index (χ1) is 43.4. The number of fused-ring (bicyclic) bond motifs is 13. The van der Waals surface area contributed by atoms with Gasteiger partial charge in [-0.3, -0.25) is 0 Å². The summed E-state index contributed by atoms with van der Waals surface area (Å²) in [6, 6.07) is 119. The van der Waals surface area contributed by atoms with Gasteiger partial charge in [-0.1, -0.05) is 238 Å². The molecule has 1 aliphatic rings. The summed E-state index contributed by atoms with van der Waals surface area (Å²) < 4.78 is 2.49. The van der Waals surface area contributed by atoms with Crippen molar-refractivity contribution in [2.75, 3.05) is 9.80 Å². The predicted octanol–water partition coefficient (Wildman–Crippen LogP) is 23.6. The van der Waals surface area contributed by atoms with Crippen LogP contribution < -0.4 is 9.80 Å². The Bertz CT molecular complexity index is 5360. The Hall–Kier alpha value is -11.3. The van der Waals surface area contributed by atoms with Gasteiger partial charge in [0.15, 0.2) is 0 Å². The first kappa shape index (κ1) is 51.2. The molecule has 0 aliphatic heterocycles. The topological polar surface area (TPSA) is 11.4 Å². The van der Waals surface area contributed by atoms with Crippen LogP contribution in [-0.2, 0) is 5.41 Å². The Morgan fingerprint density at radius 3 is 1.36 bits per heavy atom. The summed E-state index contributed by atoms with van der Waals surface area (Å²) in [5.74, 6) is 0. The van der Waals surface area contributed by atoms with Crippen molar-refractivity contribution in [3.63, 3.8) is 0 Å². The first-order valence-electron chi connectivity index (χ1n) is 30.6. The van der Waals surface area contributed by atoms with E-state index in [4.69, 9.17) is 0 Å². The Balaban J connectivity index is 0.852. The predicted molar refractivity (Wildman–Crippen MR) is 374 cm³/mol. The molecule has 1 heterocycles. The molecular formula is C85H59N3. The second-order valence-electron chi connectivity index (χ2n) is 24.0. The van der Waals surface area contributed by atoms with Gasteiger partial charge in [-0.25, -0.2) is 0 Å². The van der Waals surface area contributed by atoms with Gasteiger partial charge < -0.3 is 14.4 Å². The van der Waals surface area contributed by atoms with Crippen LogP contribution >= 0.6 is 0 Å². The van der Waals surface area contributed by atoms with Crippen LogP contribution in [0.1, 0.15) is 25.0 Å². The fourth-order valence-corrected chi connectivity index (χ4v) is 14.5. The molecule has 3 nitrogen and oxygen atoms in total. The first-order valence-corrected chi connectivity index (χ1v) is 30.6. The molecule has 414 valence electrons. The molecule has 0 bridgehead atoms. The summed E-state index contributed by atoms with van der Waals surface area (Å²) in [7, 11) is 0. The normalized spacial score (nSPS) is 12.5. The molecule has 0 amide bonds. The Labute approximate surface area is 512 Å². The van der Waals surface area contributed by atoms with E-state index in [1.54, 1.807) is 0 Å². The lowest BCUT2D eigenvalue weighted by Crippen LogP contribution is -2.16.